The highest BCUT2D eigenvalue weighted by molar-refractivity contribution is 5.69. The largest absolute Gasteiger partial charge is 0.469 e. The predicted octanol–water partition coefficient (Wildman–Crippen LogP) is 1.77. The van der Waals surface area contributed by atoms with Crippen molar-refractivity contribution in [3.8, 4) is 12.3 Å². The van der Waals surface area contributed by atoms with Crippen LogP contribution in [0.3, 0.4) is 0 Å². The van der Waals surface area contributed by atoms with E-state index in [-0.39, 0.29) is 5.97 Å². The molecule has 72 valence electrons. The number of aryl methyl sites for hydroxylation is 1. The van der Waals surface area contributed by atoms with Crippen LogP contribution in [0.1, 0.15) is 17.5 Å². The second-order valence-corrected chi connectivity index (χ2v) is 2.92. The van der Waals surface area contributed by atoms with Crippen molar-refractivity contribution in [3.05, 3.63) is 35.4 Å². The maximum Gasteiger partial charge on any atom is 0.305 e. The summed E-state index contributed by atoms with van der Waals surface area (Å²) < 4.78 is 4.55. The van der Waals surface area contributed by atoms with Crippen molar-refractivity contribution in [2.45, 2.75) is 12.8 Å². The molecule has 0 bridgehead atoms. The number of hydrogen-bond acceptors (Lipinski definition) is 2. The van der Waals surface area contributed by atoms with Gasteiger partial charge in [-0.05, 0) is 24.1 Å². The third-order valence-electron chi connectivity index (χ3n) is 1.97. The lowest BCUT2D eigenvalue weighted by Crippen LogP contribution is -2.01. The molecule has 0 atom stereocenters. The van der Waals surface area contributed by atoms with Crippen LogP contribution in [0.25, 0.3) is 0 Å². The van der Waals surface area contributed by atoms with E-state index in [0.717, 1.165) is 11.1 Å². The van der Waals surface area contributed by atoms with Crippen LogP contribution in [-0.2, 0) is 16.0 Å². The first-order valence-corrected chi connectivity index (χ1v) is 4.38. The summed E-state index contributed by atoms with van der Waals surface area (Å²) in [6.07, 6.45) is 6.32. The van der Waals surface area contributed by atoms with Crippen LogP contribution in [0.5, 0.6) is 0 Å². The third kappa shape index (κ3) is 2.95. The quantitative estimate of drug-likeness (QED) is 0.534. The summed E-state index contributed by atoms with van der Waals surface area (Å²) in [5.41, 5.74) is 1.95. The third-order valence-corrected chi connectivity index (χ3v) is 1.97. The fourth-order valence-electron chi connectivity index (χ4n) is 1.12. The van der Waals surface area contributed by atoms with E-state index in [1.165, 1.54) is 7.11 Å². The van der Waals surface area contributed by atoms with Gasteiger partial charge in [0.25, 0.3) is 0 Å². The van der Waals surface area contributed by atoms with Gasteiger partial charge in [0.2, 0.25) is 0 Å². The van der Waals surface area contributed by atoms with Crippen LogP contribution in [0.15, 0.2) is 24.3 Å². The summed E-state index contributed by atoms with van der Waals surface area (Å²) in [6, 6.07) is 7.59. The topological polar surface area (TPSA) is 26.3 Å². The molecule has 0 unspecified atom stereocenters. The number of carbonyl (C=O) groups is 1. The number of methoxy groups -OCH3 is 1. The SMILES string of the molecule is C#Cc1ccc(CCC(=O)OC)cc1. The fourth-order valence-corrected chi connectivity index (χ4v) is 1.12. The Morgan fingerprint density at radius 1 is 1.43 bits per heavy atom. The highest BCUT2D eigenvalue weighted by Crippen LogP contribution is 2.06. The average molecular weight is 188 g/mol. The molecule has 0 aliphatic rings. The lowest BCUT2D eigenvalue weighted by Gasteiger charge is -2.00. The molecule has 1 aromatic carbocycles. The van der Waals surface area contributed by atoms with Gasteiger partial charge in [0, 0.05) is 12.0 Å². The molecule has 0 heterocycles. The van der Waals surface area contributed by atoms with E-state index in [0.29, 0.717) is 12.8 Å². The van der Waals surface area contributed by atoms with Crippen molar-refractivity contribution in [1.82, 2.24) is 0 Å². The molecule has 0 spiro atoms. The molecule has 0 saturated heterocycles. The van der Waals surface area contributed by atoms with Crippen LogP contribution in [0, 0.1) is 12.3 Å². The van der Waals surface area contributed by atoms with Crippen molar-refractivity contribution >= 4 is 5.97 Å². The fraction of sp³-hybridized carbons (Fsp3) is 0.250. The van der Waals surface area contributed by atoms with Gasteiger partial charge in [-0.15, -0.1) is 6.42 Å². The summed E-state index contributed by atoms with van der Waals surface area (Å²) in [6.45, 7) is 0. The number of carbonyl (C=O) groups excluding carboxylic acids is 1. The molecule has 1 aromatic rings. The first-order chi connectivity index (χ1) is 6.76. The van der Waals surface area contributed by atoms with Gasteiger partial charge in [-0.1, -0.05) is 18.1 Å². The summed E-state index contributed by atoms with van der Waals surface area (Å²) in [7, 11) is 1.39. The number of benzene rings is 1. The highest BCUT2D eigenvalue weighted by atomic mass is 16.5. The lowest BCUT2D eigenvalue weighted by molar-refractivity contribution is -0.140. The van der Waals surface area contributed by atoms with E-state index in [1.54, 1.807) is 0 Å². The molecular weight excluding hydrogens is 176 g/mol. The van der Waals surface area contributed by atoms with E-state index in [9.17, 15) is 4.79 Å². The number of hydrogen-bond donors (Lipinski definition) is 0. The van der Waals surface area contributed by atoms with Crippen molar-refractivity contribution in [2.75, 3.05) is 7.11 Å². The molecular formula is C12H12O2. The number of rotatable bonds is 3. The molecule has 0 radical (unpaired) electrons. The summed E-state index contributed by atoms with van der Waals surface area (Å²) >= 11 is 0. The zero-order valence-corrected chi connectivity index (χ0v) is 8.12. The Morgan fingerprint density at radius 3 is 2.57 bits per heavy atom. The second-order valence-electron chi connectivity index (χ2n) is 2.92. The van der Waals surface area contributed by atoms with E-state index < -0.39 is 0 Å². The molecule has 0 aliphatic carbocycles. The minimum Gasteiger partial charge on any atom is -0.469 e. The number of esters is 1. The van der Waals surface area contributed by atoms with E-state index in [1.807, 2.05) is 24.3 Å². The standard InChI is InChI=1S/C12H12O2/c1-3-10-4-6-11(7-5-10)8-9-12(13)14-2/h1,4-7H,8-9H2,2H3. The molecule has 1 rings (SSSR count). The lowest BCUT2D eigenvalue weighted by atomic mass is 10.1. The van der Waals surface area contributed by atoms with Gasteiger partial charge in [0.15, 0.2) is 0 Å². The van der Waals surface area contributed by atoms with Crippen molar-refractivity contribution in [2.24, 2.45) is 0 Å². The van der Waals surface area contributed by atoms with Crippen LogP contribution in [0.2, 0.25) is 0 Å². The zero-order valence-electron chi connectivity index (χ0n) is 8.12. The van der Waals surface area contributed by atoms with Crippen molar-refractivity contribution in [1.29, 1.82) is 0 Å². The second kappa shape index (κ2) is 5.08. The van der Waals surface area contributed by atoms with Gasteiger partial charge in [0.05, 0.1) is 7.11 Å². The van der Waals surface area contributed by atoms with E-state index >= 15 is 0 Å². The van der Waals surface area contributed by atoms with Crippen molar-refractivity contribution in [3.63, 3.8) is 0 Å². The van der Waals surface area contributed by atoms with Gasteiger partial charge in [-0.2, -0.15) is 0 Å². The Kier molecular flexibility index (Phi) is 3.75. The van der Waals surface area contributed by atoms with Gasteiger partial charge < -0.3 is 4.74 Å². The molecule has 2 heteroatoms. The number of ether oxygens (including phenoxy) is 1. The Hall–Kier alpha value is -1.75. The molecule has 0 N–H and O–H groups in total. The van der Waals surface area contributed by atoms with Gasteiger partial charge >= 0.3 is 5.97 Å². The molecule has 0 saturated carbocycles. The van der Waals surface area contributed by atoms with Gasteiger partial charge in [-0.25, -0.2) is 0 Å². The van der Waals surface area contributed by atoms with Crippen LogP contribution in [-0.4, -0.2) is 13.1 Å². The molecule has 0 aromatic heterocycles. The normalized spacial score (nSPS) is 9.14. The van der Waals surface area contributed by atoms with E-state index in [2.05, 4.69) is 10.7 Å². The molecule has 0 fully saturated rings. The molecule has 0 amide bonds. The monoisotopic (exact) mass is 188 g/mol. The van der Waals surface area contributed by atoms with Gasteiger partial charge in [0.1, 0.15) is 0 Å². The smallest absolute Gasteiger partial charge is 0.305 e. The van der Waals surface area contributed by atoms with E-state index in [4.69, 9.17) is 6.42 Å². The predicted molar refractivity (Wildman–Crippen MR) is 54.7 cm³/mol. The van der Waals surface area contributed by atoms with Crippen molar-refractivity contribution < 1.29 is 9.53 Å². The number of terminal acetylenes is 1. The average Bonchev–Trinajstić information content (AvgIpc) is 2.26. The minimum atomic E-state index is -0.189. The maximum absolute atomic E-state index is 10.9. The first kappa shape index (κ1) is 10.3. The molecule has 14 heavy (non-hydrogen) atoms. The Balaban J connectivity index is 2.53. The minimum absolute atomic E-state index is 0.189. The Bertz CT molecular complexity index is 344. The van der Waals surface area contributed by atoms with Crippen LogP contribution < -0.4 is 0 Å². The Labute approximate surface area is 83.9 Å². The zero-order chi connectivity index (χ0) is 10.4. The van der Waals surface area contributed by atoms with Gasteiger partial charge in [-0.3, -0.25) is 4.79 Å². The first-order valence-electron chi connectivity index (χ1n) is 4.38. The van der Waals surface area contributed by atoms with Crippen LogP contribution in [0.4, 0.5) is 0 Å². The Morgan fingerprint density at radius 2 is 2.07 bits per heavy atom. The summed E-state index contributed by atoms with van der Waals surface area (Å²) in [4.78, 5) is 10.9. The molecule has 2 nitrogen and oxygen atoms in total. The maximum atomic E-state index is 10.9. The van der Waals surface area contributed by atoms with Crippen LogP contribution >= 0.6 is 0 Å². The summed E-state index contributed by atoms with van der Waals surface area (Å²) in [5, 5.41) is 0. The molecule has 0 aliphatic heterocycles. The highest BCUT2D eigenvalue weighted by Gasteiger charge is 2.00. The summed E-state index contributed by atoms with van der Waals surface area (Å²) in [5.74, 6) is 2.35.